The SMILES string of the molecule is [2H]C([2H])([2H])c1cc2c(oc3c4ccccc4ccc23)c(-c2cc3ccccc3c[n+]2C)c1C. The molecule has 0 unspecified atom stereocenters. The highest BCUT2D eigenvalue weighted by Crippen LogP contribution is 2.41. The van der Waals surface area contributed by atoms with Gasteiger partial charge in [-0.3, -0.25) is 0 Å². The maximum absolute atomic E-state index is 8.22. The molecule has 2 heterocycles. The summed E-state index contributed by atoms with van der Waals surface area (Å²) in [6.45, 7) is -0.347. The van der Waals surface area contributed by atoms with Crippen LogP contribution in [0.15, 0.2) is 83.4 Å². The lowest BCUT2D eigenvalue weighted by Crippen LogP contribution is -2.30. The van der Waals surface area contributed by atoms with E-state index in [1.807, 2.05) is 50.4 Å². The van der Waals surface area contributed by atoms with Crippen molar-refractivity contribution in [3.8, 4) is 11.3 Å². The second kappa shape index (κ2) is 6.17. The molecule has 0 bridgehead atoms. The summed E-state index contributed by atoms with van der Waals surface area (Å²) in [5, 5.41) is 6.09. The minimum atomic E-state index is -2.23. The van der Waals surface area contributed by atoms with Gasteiger partial charge in [-0.05, 0) is 53.9 Å². The van der Waals surface area contributed by atoms with Crippen LogP contribution in [-0.2, 0) is 7.05 Å². The Hall–Kier alpha value is -3.65. The minimum absolute atomic E-state index is 0.356. The molecule has 0 aliphatic heterocycles. The molecule has 0 amide bonds. The van der Waals surface area contributed by atoms with Crippen molar-refractivity contribution in [3.05, 3.63) is 90.1 Å². The number of pyridine rings is 1. The van der Waals surface area contributed by atoms with E-state index in [2.05, 4.69) is 41.1 Å². The number of fused-ring (bicyclic) bond motifs is 6. The molecule has 2 aromatic heterocycles. The van der Waals surface area contributed by atoms with Gasteiger partial charge in [-0.1, -0.05) is 48.5 Å². The lowest BCUT2D eigenvalue weighted by molar-refractivity contribution is -0.659. The Morgan fingerprint density at radius 3 is 2.37 bits per heavy atom. The highest BCUT2D eigenvalue weighted by molar-refractivity contribution is 6.17. The summed E-state index contributed by atoms with van der Waals surface area (Å²) in [5.41, 5.74) is 4.33. The molecule has 6 rings (SSSR count). The molecule has 0 atom stereocenters. The summed E-state index contributed by atoms with van der Waals surface area (Å²) in [5.74, 6) is 0. The van der Waals surface area contributed by atoms with Gasteiger partial charge in [0.1, 0.15) is 18.2 Å². The number of nitrogens with zero attached hydrogens (tertiary/aromatic N) is 1. The van der Waals surface area contributed by atoms with Crippen LogP contribution in [-0.4, -0.2) is 0 Å². The molecular weight excluding hydrogens is 366 g/mol. The van der Waals surface area contributed by atoms with Crippen molar-refractivity contribution < 1.29 is 13.1 Å². The molecule has 2 heteroatoms. The number of furan rings is 1. The van der Waals surface area contributed by atoms with Crippen LogP contribution in [0.25, 0.3) is 54.7 Å². The van der Waals surface area contributed by atoms with Crippen LogP contribution >= 0.6 is 0 Å². The van der Waals surface area contributed by atoms with E-state index in [1.165, 1.54) is 0 Å². The number of aromatic nitrogens is 1. The predicted octanol–water partition coefficient (Wildman–Crippen LogP) is 7.00. The molecule has 2 nitrogen and oxygen atoms in total. The summed E-state index contributed by atoms with van der Waals surface area (Å²) in [4.78, 5) is 0. The molecular formula is C28H22NO+. The Kier molecular flexibility index (Phi) is 2.95. The molecule has 0 fully saturated rings. The molecule has 0 saturated carbocycles. The summed E-state index contributed by atoms with van der Waals surface area (Å²) >= 11 is 0. The average molecular weight is 392 g/mol. The van der Waals surface area contributed by atoms with Gasteiger partial charge in [0.2, 0.25) is 5.69 Å². The molecule has 4 aromatic carbocycles. The first-order valence-electron chi connectivity index (χ1n) is 11.6. The van der Waals surface area contributed by atoms with E-state index in [9.17, 15) is 0 Å². The van der Waals surface area contributed by atoms with Crippen LogP contribution in [0.1, 0.15) is 15.2 Å². The van der Waals surface area contributed by atoms with Gasteiger partial charge < -0.3 is 4.42 Å². The van der Waals surface area contributed by atoms with E-state index < -0.39 is 6.85 Å². The number of hydrogen-bond donors (Lipinski definition) is 0. The number of hydrogen-bond acceptors (Lipinski definition) is 1. The second-order valence-corrected chi connectivity index (χ2v) is 7.96. The van der Waals surface area contributed by atoms with E-state index in [0.717, 1.165) is 60.3 Å². The standard InChI is InChI=1S/C28H22NO/c1-17-14-24-23-13-12-19-8-6-7-11-22(19)27(23)30-28(24)26(18(17)2)25-15-20-9-4-5-10-21(20)16-29(25)3/h4-16H,1-3H3/q+1/i1D3. The maximum Gasteiger partial charge on any atom is 0.216 e. The average Bonchev–Trinajstić information content (AvgIpc) is 3.16. The first-order chi connectivity index (χ1) is 15.8. The molecule has 0 N–H and O–H groups in total. The molecule has 30 heavy (non-hydrogen) atoms. The van der Waals surface area contributed by atoms with Crippen LogP contribution in [0.5, 0.6) is 0 Å². The Balaban J connectivity index is 1.82. The normalized spacial score (nSPS) is 13.7. The van der Waals surface area contributed by atoms with E-state index in [4.69, 9.17) is 8.53 Å². The van der Waals surface area contributed by atoms with Crippen LogP contribution in [0, 0.1) is 13.8 Å². The maximum atomic E-state index is 8.22. The van der Waals surface area contributed by atoms with E-state index >= 15 is 0 Å². The fourth-order valence-corrected chi connectivity index (χ4v) is 4.58. The van der Waals surface area contributed by atoms with Crippen LogP contribution in [0.3, 0.4) is 0 Å². The van der Waals surface area contributed by atoms with Crippen molar-refractivity contribution in [1.29, 1.82) is 0 Å². The van der Waals surface area contributed by atoms with Crippen LogP contribution < -0.4 is 4.57 Å². The zero-order chi connectivity index (χ0) is 22.9. The summed E-state index contributed by atoms with van der Waals surface area (Å²) in [7, 11) is 1.99. The van der Waals surface area contributed by atoms with Gasteiger partial charge in [0, 0.05) is 31.7 Å². The van der Waals surface area contributed by atoms with Gasteiger partial charge in [0.15, 0.2) is 6.20 Å². The summed E-state index contributed by atoms with van der Waals surface area (Å²) in [6.07, 6.45) is 2.08. The molecule has 6 aromatic rings. The number of aryl methyl sites for hydroxylation is 2. The topological polar surface area (TPSA) is 17.0 Å². The summed E-state index contributed by atoms with van der Waals surface area (Å²) in [6, 6.07) is 24.3. The minimum Gasteiger partial charge on any atom is -0.454 e. The number of rotatable bonds is 1. The van der Waals surface area contributed by atoms with Crippen molar-refractivity contribution in [2.24, 2.45) is 7.05 Å². The van der Waals surface area contributed by atoms with Crippen molar-refractivity contribution in [3.63, 3.8) is 0 Å². The molecule has 0 aliphatic carbocycles. The first-order valence-corrected chi connectivity index (χ1v) is 10.1. The zero-order valence-corrected chi connectivity index (χ0v) is 16.9. The number of benzene rings is 4. The molecule has 144 valence electrons. The predicted molar refractivity (Wildman–Crippen MR) is 125 cm³/mol. The quantitative estimate of drug-likeness (QED) is 0.276. The third-order valence-electron chi connectivity index (χ3n) is 6.17. The Bertz CT molecular complexity index is 1730. The van der Waals surface area contributed by atoms with Crippen molar-refractivity contribution in [1.82, 2.24) is 0 Å². The van der Waals surface area contributed by atoms with Gasteiger partial charge >= 0.3 is 0 Å². The van der Waals surface area contributed by atoms with Crippen molar-refractivity contribution in [2.75, 3.05) is 0 Å². The zero-order valence-electron chi connectivity index (χ0n) is 19.9. The lowest BCUT2D eigenvalue weighted by atomic mass is 9.95. The molecule has 0 spiro atoms. The molecule has 0 aliphatic rings. The fourth-order valence-electron chi connectivity index (χ4n) is 4.58. The highest BCUT2D eigenvalue weighted by Gasteiger charge is 2.23. The largest absolute Gasteiger partial charge is 0.454 e. The van der Waals surface area contributed by atoms with Gasteiger partial charge in [0.05, 0.1) is 5.56 Å². The summed E-state index contributed by atoms with van der Waals surface area (Å²) < 4.78 is 33.3. The Morgan fingerprint density at radius 2 is 1.53 bits per heavy atom. The third-order valence-corrected chi connectivity index (χ3v) is 6.17. The van der Waals surface area contributed by atoms with E-state index in [1.54, 1.807) is 6.07 Å². The van der Waals surface area contributed by atoms with Gasteiger partial charge in [0.25, 0.3) is 0 Å². The Morgan fingerprint density at radius 1 is 0.767 bits per heavy atom. The highest BCUT2D eigenvalue weighted by atomic mass is 16.3. The van der Waals surface area contributed by atoms with Gasteiger partial charge in [-0.2, -0.15) is 0 Å². The molecule has 0 radical (unpaired) electrons. The monoisotopic (exact) mass is 391 g/mol. The van der Waals surface area contributed by atoms with Gasteiger partial charge in [-0.25, -0.2) is 4.57 Å². The van der Waals surface area contributed by atoms with Crippen molar-refractivity contribution >= 4 is 43.5 Å². The third kappa shape index (κ3) is 2.34. The Labute approximate surface area is 179 Å². The first kappa shape index (κ1) is 14.4. The van der Waals surface area contributed by atoms with Crippen LogP contribution in [0.2, 0.25) is 0 Å². The van der Waals surface area contributed by atoms with E-state index in [-0.39, 0.29) is 0 Å². The fraction of sp³-hybridized carbons (Fsp3) is 0.107. The molecule has 0 saturated heterocycles. The van der Waals surface area contributed by atoms with Crippen molar-refractivity contribution in [2.45, 2.75) is 13.8 Å². The van der Waals surface area contributed by atoms with Gasteiger partial charge in [-0.15, -0.1) is 0 Å². The lowest BCUT2D eigenvalue weighted by Gasteiger charge is -2.09. The second-order valence-electron chi connectivity index (χ2n) is 7.96. The van der Waals surface area contributed by atoms with Crippen LogP contribution in [0.4, 0.5) is 0 Å². The van der Waals surface area contributed by atoms with E-state index in [0.29, 0.717) is 5.56 Å². The smallest absolute Gasteiger partial charge is 0.216 e.